The molecule has 0 aromatic carbocycles. The van der Waals surface area contributed by atoms with Crippen LogP contribution in [0.4, 0.5) is 0 Å². The van der Waals surface area contributed by atoms with Crippen LogP contribution in [0.3, 0.4) is 0 Å². The molecule has 6 heteroatoms. The smallest absolute Gasteiger partial charge is 0.329 e. The monoisotopic (exact) mass is 244 g/mol. The van der Waals surface area contributed by atoms with Crippen LogP contribution in [-0.2, 0) is 19.1 Å². The maximum Gasteiger partial charge on any atom is 0.329 e. The summed E-state index contributed by atoms with van der Waals surface area (Å²) in [6.45, 7) is 5.21. The maximum absolute atomic E-state index is 11.7. The fraction of sp³-hybridized carbons (Fsp3) is 0.727. The van der Waals surface area contributed by atoms with Gasteiger partial charge in [0.05, 0.1) is 0 Å². The van der Waals surface area contributed by atoms with Crippen LogP contribution >= 0.6 is 0 Å². The Kier molecular flexibility index (Phi) is 6.23. The third kappa shape index (κ3) is 7.32. The van der Waals surface area contributed by atoms with Crippen molar-refractivity contribution in [2.75, 3.05) is 7.05 Å². The van der Waals surface area contributed by atoms with Gasteiger partial charge in [0.1, 0.15) is 11.6 Å². The molecule has 0 aliphatic heterocycles. The Morgan fingerprint density at radius 2 is 1.94 bits per heavy atom. The molecule has 0 spiro atoms. The van der Waals surface area contributed by atoms with Gasteiger partial charge in [-0.1, -0.05) is 0 Å². The van der Waals surface area contributed by atoms with E-state index in [1.165, 1.54) is 7.05 Å². The second-order valence-corrected chi connectivity index (χ2v) is 4.58. The van der Waals surface area contributed by atoms with E-state index in [2.05, 4.69) is 10.6 Å². The lowest BCUT2D eigenvalue weighted by atomic mass is 10.1. The van der Waals surface area contributed by atoms with Gasteiger partial charge in [-0.15, -0.1) is 0 Å². The van der Waals surface area contributed by atoms with Gasteiger partial charge in [0, 0.05) is 13.5 Å². The molecule has 0 fully saturated rings. The normalized spacial score (nSPS) is 12.5. The third-order valence-electron chi connectivity index (χ3n) is 1.90. The van der Waals surface area contributed by atoms with E-state index in [1.54, 1.807) is 20.8 Å². The highest BCUT2D eigenvalue weighted by Gasteiger charge is 2.25. The summed E-state index contributed by atoms with van der Waals surface area (Å²) in [7, 11) is 1.51. The fourth-order valence-electron chi connectivity index (χ4n) is 1.12. The quantitative estimate of drug-likeness (QED) is 0.507. The Balaban J connectivity index is 4.35. The Hall–Kier alpha value is -1.59. The average Bonchev–Trinajstić information content (AvgIpc) is 2.20. The number of ether oxygens (including phenoxy) is 1. The highest BCUT2D eigenvalue weighted by Crippen LogP contribution is 2.10. The molecule has 0 saturated carbocycles. The summed E-state index contributed by atoms with van der Waals surface area (Å²) in [6, 6.07) is -0.788. The number of amides is 2. The highest BCUT2D eigenvalue weighted by molar-refractivity contribution is 5.80. The van der Waals surface area contributed by atoms with Crippen LogP contribution in [0.2, 0.25) is 0 Å². The van der Waals surface area contributed by atoms with Crippen LogP contribution in [-0.4, -0.2) is 37.0 Å². The van der Waals surface area contributed by atoms with Crippen molar-refractivity contribution in [2.24, 2.45) is 0 Å². The molecule has 1 atom stereocenters. The minimum Gasteiger partial charge on any atom is -0.458 e. The van der Waals surface area contributed by atoms with Crippen LogP contribution in [0.5, 0.6) is 0 Å². The summed E-state index contributed by atoms with van der Waals surface area (Å²) in [5.41, 5.74) is -0.618. The first kappa shape index (κ1) is 15.4. The first-order valence-electron chi connectivity index (χ1n) is 5.43. The molecule has 0 aromatic heterocycles. The van der Waals surface area contributed by atoms with Crippen LogP contribution in [0.15, 0.2) is 0 Å². The maximum atomic E-state index is 11.7. The first-order valence-corrected chi connectivity index (χ1v) is 5.43. The molecule has 0 aliphatic rings. The Morgan fingerprint density at radius 1 is 1.35 bits per heavy atom. The topological polar surface area (TPSA) is 84.5 Å². The Labute approximate surface area is 101 Å². The van der Waals surface area contributed by atoms with Gasteiger partial charge < -0.3 is 15.4 Å². The summed E-state index contributed by atoms with van der Waals surface area (Å²) < 4.78 is 5.13. The van der Waals surface area contributed by atoms with E-state index in [-0.39, 0.29) is 18.7 Å². The van der Waals surface area contributed by atoms with E-state index in [0.29, 0.717) is 6.41 Å². The van der Waals surface area contributed by atoms with Gasteiger partial charge in [0.2, 0.25) is 12.3 Å². The molecular weight excluding hydrogens is 224 g/mol. The van der Waals surface area contributed by atoms with E-state index in [1.807, 2.05) is 0 Å². The molecule has 1 unspecified atom stereocenters. The fourth-order valence-corrected chi connectivity index (χ4v) is 1.12. The van der Waals surface area contributed by atoms with Crippen molar-refractivity contribution in [2.45, 2.75) is 45.3 Å². The SMILES string of the molecule is CNC(=O)CCC(NC=O)C(=O)OC(C)(C)C. The predicted octanol–water partition coefficient (Wildman–Crippen LogP) is -0.0311. The lowest BCUT2D eigenvalue weighted by molar-refractivity contribution is -0.158. The third-order valence-corrected chi connectivity index (χ3v) is 1.90. The molecule has 0 aromatic rings. The van der Waals surface area contributed by atoms with Gasteiger partial charge in [-0.2, -0.15) is 0 Å². The summed E-state index contributed by atoms with van der Waals surface area (Å²) in [6.07, 6.45) is 0.799. The van der Waals surface area contributed by atoms with Gasteiger partial charge in [-0.05, 0) is 27.2 Å². The molecule has 0 bridgehead atoms. The van der Waals surface area contributed by atoms with Crippen molar-refractivity contribution in [1.82, 2.24) is 10.6 Å². The number of rotatable bonds is 6. The minimum absolute atomic E-state index is 0.154. The van der Waals surface area contributed by atoms with Crippen LogP contribution in [0.1, 0.15) is 33.6 Å². The zero-order chi connectivity index (χ0) is 13.5. The standard InChI is InChI=1S/C11H20N2O4/c1-11(2,3)17-10(16)8(13-7-14)5-6-9(15)12-4/h7-8H,5-6H2,1-4H3,(H,12,15)(H,13,14). The molecular formula is C11H20N2O4. The van der Waals surface area contributed by atoms with Crippen molar-refractivity contribution in [3.8, 4) is 0 Å². The summed E-state index contributed by atoms with van der Waals surface area (Å²) in [5.74, 6) is -0.722. The van der Waals surface area contributed by atoms with Crippen LogP contribution in [0, 0.1) is 0 Å². The lowest BCUT2D eigenvalue weighted by Crippen LogP contribution is -2.41. The van der Waals surface area contributed by atoms with Crippen molar-refractivity contribution in [1.29, 1.82) is 0 Å². The molecule has 98 valence electrons. The molecule has 17 heavy (non-hydrogen) atoms. The first-order chi connectivity index (χ1) is 7.80. The lowest BCUT2D eigenvalue weighted by Gasteiger charge is -2.23. The van der Waals surface area contributed by atoms with Crippen molar-refractivity contribution in [3.05, 3.63) is 0 Å². The zero-order valence-electron chi connectivity index (χ0n) is 10.7. The molecule has 0 saturated heterocycles. The molecule has 2 amide bonds. The van der Waals surface area contributed by atoms with Gasteiger partial charge in [-0.25, -0.2) is 4.79 Å². The number of esters is 1. The Bertz CT molecular complexity index is 284. The predicted molar refractivity (Wildman–Crippen MR) is 62.1 cm³/mol. The minimum atomic E-state index is -0.788. The molecule has 0 radical (unpaired) electrons. The Morgan fingerprint density at radius 3 is 2.35 bits per heavy atom. The highest BCUT2D eigenvalue weighted by atomic mass is 16.6. The average molecular weight is 244 g/mol. The van der Waals surface area contributed by atoms with Gasteiger partial charge in [0.15, 0.2) is 0 Å². The van der Waals surface area contributed by atoms with E-state index in [9.17, 15) is 14.4 Å². The number of hydrogen-bond donors (Lipinski definition) is 2. The van der Waals surface area contributed by atoms with Crippen molar-refractivity contribution in [3.63, 3.8) is 0 Å². The number of carbonyl (C=O) groups excluding carboxylic acids is 3. The number of nitrogens with one attached hydrogen (secondary N) is 2. The van der Waals surface area contributed by atoms with E-state index in [0.717, 1.165) is 0 Å². The summed E-state index contributed by atoms with van der Waals surface area (Å²) >= 11 is 0. The van der Waals surface area contributed by atoms with E-state index >= 15 is 0 Å². The second kappa shape index (κ2) is 6.88. The summed E-state index contributed by atoms with van der Waals surface area (Å²) in [5, 5.41) is 4.79. The van der Waals surface area contributed by atoms with E-state index in [4.69, 9.17) is 4.74 Å². The van der Waals surface area contributed by atoms with Crippen molar-refractivity contribution >= 4 is 18.3 Å². The molecule has 0 heterocycles. The number of carbonyl (C=O) groups is 3. The molecule has 2 N–H and O–H groups in total. The van der Waals surface area contributed by atoms with Gasteiger partial charge in [0.25, 0.3) is 0 Å². The largest absolute Gasteiger partial charge is 0.458 e. The van der Waals surface area contributed by atoms with Gasteiger partial charge >= 0.3 is 5.97 Å². The molecule has 0 aliphatic carbocycles. The van der Waals surface area contributed by atoms with Crippen LogP contribution < -0.4 is 10.6 Å². The summed E-state index contributed by atoms with van der Waals surface area (Å²) in [4.78, 5) is 33.1. The van der Waals surface area contributed by atoms with Crippen LogP contribution in [0.25, 0.3) is 0 Å². The second-order valence-electron chi connectivity index (χ2n) is 4.58. The molecule has 0 rings (SSSR count). The molecule has 6 nitrogen and oxygen atoms in total. The number of hydrogen-bond acceptors (Lipinski definition) is 4. The zero-order valence-corrected chi connectivity index (χ0v) is 10.7. The van der Waals surface area contributed by atoms with E-state index < -0.39 is 17.6 Å². The van der Waals surface area contributed by atoms with Gasteiger partial charge in [-0.3, -0.25) is 9.59 Å². The van der Waals surface area contributed by atoms with Crippen molar-refractivity contribution < 1.29 is 19.1 Å².